The van der Waals surface area contributed by atoms with Gasteiger partial charge in [-0.25, -0.2) is 4.98 Å². The lowest BCUT2D eigenvalue weighted by molar-refractivity contribution is 0.415. The van der Waals surface area contributed by atoms with Gasteiger partial charge in [0.2, 0.25) is 0 Å². The van der Waals surface area contributed by atoms with Gasteiger partial charge in [-0.15, -0.1) is 0 Å². The van der Waals surface area contributed by atoms with E-state index in [0.29, 0.717) is 0 Å². The van der Waals surface area contributed by atoms with Crippen LogP contribution in [0.3, 0.4) is 0 Å². The van der Waals surface area contributed by atoms with Crippen LogP contribution in [-0.2, 0) is 0 Å². The second kappa shape index (κ2) is 5.15. The molecular formula is C20H15NO. The van der Waals surface area contributed by atoms with E-state index in [1.54, 1.807) is 7.11 Å². The molecular weight excluding hydrogens is 270 g/mol. The lowest BCUT2D eigenvalue weighted by atomic mass is 10.00. The minimum absolute atomic E-state index is 0.855. The molecule has 0 bridgehead atoms. The Bertz CT molecular complexity index is 958. The van der Waals surface area contributed by atoms with Gasteiger partial charge in [-0.2, -0.15) is 0 Å². The first-order chi connectivity index (χ1) is 10.9. The van der Waals surface area contributed by atoms with Crippen molar-refractivity contribution in [3.05, 3.63) is 72.8 Å². The molecule has 0 fully saturated rings. The summed E-state index contributed by atoms with van der Waals surface area (Å²) in [6.45, 7) is 0. The first kappa shape index (κ1) is 12.8. The third-order valence-electron chi connectivity index (χ3n) is 3.97. The summed E-state index contributed by atoms with van der Waals surface area (Å²) in [7, 11) is 1.68. The predicted octanol–water partition coefficient (Wildman–Crippen LogP) is 5.06. The number of fused-ring (bicyclic) bond motifs is 3. The monoisotopic (exact) mass is 285 g/mol. The zero-order valence-electron chi connectivity index (χ0n) is 12.3. The summed E-state index contributed by atoms with van der Waals surface area (Å²) in [6.07, 6.45) is 0. The van der Waals surface area contributed by atoms with Gasteiger partial charge in [0.05, 0.1) is 18.3 Å². The Morgan fingerprint density at radius 2 is 1.32 bits per heavy atom. The maximum Gasteiger partial charge on any atom is 0.118 e. The highest BCUT2D eigenvalue weighted by Gasteiger charge is 2.09. The average Bonchev–Trinajstić information content (AvgIpc) is 2.61. The Labute approximate surface area is 129 Å². The summed E-state index contributed by atoms with van der Waals surface area (Å²) in [5.41, 5.74) is 3.13. The molecule has 4 rings (SSSR count). The molecule has 0 amide bonds. The van der Waals surface area contributed by atoms with Crippen LogP contribution in [0.4, 0.5) is 0 Å². The van der Waals surface area contributed by atoms with Crippen LogP contribution in [0.15, 0.2) is 72.8 Å². The first-order valence-electron chi connectivity index (χ1n) is 7.29. The standard InChI is InChI=1S/C20H15NO/c1-22-15-12-10-14(11-13-15)20-18-8-3-2-6-16(18)17-7-4-5-9-19(17)21-20/h2-13H,1H3. The zero-order valence-corrected chi connectivity index (χ0v) is 12.3. The molecule has 4 aromatic rings. The number of aromatic nitrogens is 1. The number of hydrogen-bond donors (Lipinski definition) is 0. The van der Waals surface area contributed by atoms with Crippen LogP contribution in [0, 0.1) is 0 Å². The SMILES string of the molecule is COc1ccc(-c2nc3ccccc3c3ccccc23)cc1. The van der Waals surface area contributed by atoms with Gasteiger partial charge in [-0.1, -0.05) is 42.5 Å². The van der Waals surface area contributed by atoms with E-state index in [9.17, 15) is 0 Å². The fraction of sp³-hybridized carbons (Fsp3) is 0.0500. The van der Waals surface area contributed by atoms with Crippen molar-refractivity contribution in [1.29, 1.82) is 0 Å². The maximum absolute atomic E-state index is 5.24. The topological polar surface area (TPSA) is 22.1 Å². The van der Waals surface area contributed by atoms with Crippen LogP contribution in [0.2, 0.25) is 0 Å². The fourth-order valence-electron chi connectivity index (χ4n) is 2.87. The van der Waals surface area contributed by atoms with Gasteiger partial charge < -0.3 is 4.74 Å². The van der Waals surface area contributed by atoms with Crippen molar-refractivity contribution in [2.75, 3.05) is 7.11 Å². The normalized spacial score (nSPS) is 11.0. The third kappa shape index (κ3) is 2.01. The predicted molar refractivity (Wildman–Crippen MR) is 91.2 cm³/mol. The van der Waals surface area contributed by atoms with Gasteiger partial charge in [0.15, 0.2) is 0 Å². The van der Waals surface area contributed by atoms with E-state index in [1.165, 1.54) is 16.2 Å². The number of methoxy groups -OCH3 is 1. The van der Waals surface area contributed by atoms with Crippen LogP contribution in [-0.4, -0.2) is 12.1 Å². The molecule has 0 aliphatic rings. The molecule has 106 valence electrons. The van der Waals surface area contributed by atoms with Gasteiger partial charge in [0.1, 0.15) is 5.75 Å². The first-order valence-corrected chi connectivity index (χ1v) is 7.29. The van der Waals surface area contributed by atoms with E-state index < -0.39 is 0 Å². The second-order valence-corrected chi connectivity index (χ2v) is 5.25. The number of pyridine rings is 1. The van der Waals surface area contributed by atoms with Crippen LogP contribution < -0.4 is 4.74 Å². The number of nitrogens with zero attached hydrogens (tertiary/aromatic N) is 1. The summed E-state index contributed by atoms with van der Waals surface area (Å²) in [5, 5.41) is 3.60. The molecule has 0 aliphatic heterocycles. The molecule has 0 saturated carbocycles. The van der Waals surface area contributed by atoms with E-state index in [1.807, 2.05) is 18.2 Å². The van der Waals surface area contributed by atoms with E-state index in [0.717, 1.165) is 22.5 Å². The highest BCUT2D eigenvalue weighted by atomic mass is 16.5. The summed E-state index contributed by atoms with van der Waals surface area (Å²) in [4.78, 5) is 4.89. The van der Waals surface area contributed by atoms with Crippen LogP contribution in [0.1, 0.15) is 0 Å². The van der Waals surface area contributed by atoms with E-state index in [4.69, 9.17) is 9.72 Å². The largest absolute Gasteiger partial charge is 0.497 e. The van der Waals surface area contributed by atoms with Crippen molar-refractivity contribution < 1.29 is 4.74 Å². The van der Waals surface area contributed by atoms with Crippen molar-refractivity contribution in [3.8, 4) is 17.0 Å². The molecule has 3 aromatic carbocycles. The molecule has 1 heterocycles. The van der Waals surface area contributed by atoms with Crippen molar-refractivity contribution in [2.24, 2.45) is 0 Å². The van der Waals surface area contributed by atoms with Crippen molar-refractivity contribution in [1.82, 2.24) is 4.98 Å². The minimum atomic E-state index is 0.855. The lowest BCUT2D eigenvalue weighted by Gasteiger charge is -2.10. The van der Waals surface area contributed by atoms with Gasteiger partial charge in [-0.3, -0.25) is 0 Å². The highest BCUT2D eigenvalue weighted by Crippen LogP contribution is 2.32. The molecule has 2 heteroatoms. The highest BCUT2D eigenvalue weighted by molar-refractivity contribution is 6.10. The molecule has 0 aliphatic carbocycles. The van der Waals surface area contributed by atoms with Crippen LogP contribution in [0.25, 0.3) is 32.9 Å². The molecule has 0 spiro atoms. The zero-order chi connectivity index (χ0) is 14.9. The maximum atomic E-state index is 5.24. The molecule has 22 heavy (non-hydrogen) atoms. The van der Waals surface area contributed by atoms with Crippen LogP contribution >= 0.6 is 0 Å². The third-order valence-corrected chi connectivity index (χ3v) is 3.97. The van der Waals surface area contributed by atoms with Crippen molar-refractivity contribution >= 4 is 21.7 Å². The lowest BCUT2D eigenvalue weighted by Crippen LogP contribution is -1.90. The summed E-state index contributed by atoms with van der Waals surface area (Å²) in [5.74, 6) is 0.855. The Kier molecular flexibility index (Phi) is 3.01. The molecule has 0 saturated heterocycles. The molecule has 0 unspecified atom stereocenters. The average molecular weight is 285 g/mol. The molecule has 0 radical (unpaired) electrons. The number of rotatable bonds is 2. The summed E-state index contributed by atoms with van der Waals surface area (Å²) >= 11 is 0. The van der Waals surface area contributed by atoms with E-state index >= 15 is 0 Å². The van der Waals surface area contributed by atoms with Crippen LogP contribution in [0.5, 0.6) is 5.75 Å². The Morgan fingerprint density at radius 3 is 2.05 bits per heavy atom. The number of para-hydroxylation sites is 1. The van der Waals surface area contributed by atoms with Crippen molar-refractivity contribution in [2.45, 2.75) is 0 Å². The molecule has 0 N–H and O–H groups in total. The number of hydrogen-bond acceptors (Lipinski definition) is 2. The van der Waals surface area contributed by atoms with E-state index in [2.05, 4.69) is 54.6 Å². The van der Waals surface area contributed by atoms with Gasteiger partial charge >= 0.3 is 0 Å². The molecule has 1 aromatic heterocycles. The summed E-state index contributed by atoms with van der Waals surface area (Å²) in [6, 6.07) is 24.8. The van der Waals surface area contributed by atoms with Crippen molar-refractivity contribution in [3.63, 3.8) is 0 Å². The molecule has 0 atom stereocenters. The smallest absolute Gasteiger partial charge is 0.118 e. The Morgan fingerprint density at radius 1 is 0.682 bits per heavy atom. The number of ether oxygens (including phenoxy) is 1. The molecule has 2 nitrogen and oxygen atoms in total. The Balaban J connectivity index is 2.06. The fourth-order valence-corrected chi connectivity index (χ4v) is 2.87. The minimum Gasteiger partial charge on any atom is -0.497 e. The quantitative estimate of drug-likeness (QED) is 0.480. The van der Waals surface area contributed by atoms with E-state index in [-0.39, 0.29) is 0 Å². The summed E-state index contributed by atoms with van der Waals surface area (Å²) < 4.78 is 5.24. The number of benzene rings is 3. The second-order valence-electron chi connectivity index (χ2n) is 5.25. The van der Waals surface area contributed by atoms with Gasteiger partial charge in [0.25, 0.3) is 0 Å². The van der Waals surface area contributed by atoms with Gasteiger partial charge in [-0.05, 0) is 35.7 Å². The Hall–Kier alpha value is -2.87. The van der Waals surface area contributed by atoms with Gasteiger partial charge in [0, 0.05) is 16.3 Å².